The molecule has 7 heteroatoms. The van der Waals surface area contributed by atoms with Crippen LogP contribution in [-0.4, -0.2) is 19.5 Å². The van der Waals surface area contributed by atoms with E-state index in [2.05, 4.69) is 111 Å². The number of aromatic nitrogens is 4. The van der Waals surface area contributed by atoms with Crippen molar-refractivity contribution >= 4 is 21.8 Å². The number of rotatable bonds is 7. The standard InChI is InChI=1S/C56H41F3N4/c1-34-19-21-38(22-20-34)46-32-43(55-61-53(40-13-7-5-8-14-40)60-54(62-55)41-15-9-6-10-16-41)33-47(39-23-26-44(27-24-39)56(57,58)59)52(46)63-49-18-12-11-17-45(49)48-31-42(25-28-50(48)63)51-36(3)29-35(2)30-37(51)4/h5-33H,1-4H3. The van der Waals surface area contributed by atoms with Crippen LogP contribution in [0, 0.1) is 27.7 Å². The lowest BCUT2D eigenvalue weighted by Gasteiger charge is -2.21. The van der Waals surface area contributed by atoms with Crippen LogP contribution in [0.4, 0.5) is 13.2 Å². The van der Waals surface area contributed by atoms with Crippen LogP contribution in [0.3, 0.4) is 0 Å². The van der Waals surface area contributed by atoms with Crippen LogP contribution < -0.4 is 0 Å². The molecule has 0 radical (unpaired) electrons. The molecule has 2 aromatic heterocycles. The van der Waals surface area contributed by atoms with Gasteiger partial charge in [-0.1, -0.05) is 145 Å². The molecule has 0 aliphatic carbocycles. The number of alkyl halides is 3. The van der Waals surface area contributed by atoms with Crippen LogP contribution in [0.1, 0.15) is 27.8 Å². The number of nitrogens with zero attached hydrogens (tertiary/aromatic N) is 4. The third-order valence-electron chi connectivity index (χ3n) is 11.8. The quantitative estimate of drug-likeness (QED) is 0.161. The van der Waals surface area contributed by atoms with E-state index < -0.39 is 11.7 Å². The van der Waals surface area contributed by atoms with Gasteiger partial charge in [-0.05, 0) is 104 Å². The third kappa shape index (κ3) is 7.35. The summed E-state index contributed by atoms with van der Waals surface area (Å²) in [6.07, 6.45) is -4.50. The summed E-state index contributed by atoms with van der Waals surface area (Å²) in [5.41, 5.74) is 14.6. The van der Waals surface area contributed by atoms with Crippen LogP contribution in [0.25, 0.3) is 95.0 Å². The predicted molar refractivity (Wildman–Crippen MR) is 251 cm³/mol. The molecule has 63 heavy (non-hydrogen) atoms. The maximum Gasteiger partial charge on any atom is 0.416 e. The Labute approximate surface area is 364 Å². The zero-order chi connectivity index (χ0) is 43.4. The van der Waals surface area contributed by atoms with Crippen molar-refractivity contribution in [3.05, 3.63) is 204 Å². The van der Waals surface area contributed by atoms with Crippen molar-refractivity contribution in [2.45, 2.75) is 33.9 Å². The van der Waals surface area contributed by atoms with Crippen LogP contribution in [-0.2, 0) is 6.18 Å². The second kappa shape index (κ2) is 15.7. The van der Waals surface area contributed by atoms with Crippen molar-refractivity contribution in [2.75, 3.05) is 0 Å². The Kier molecular flexibility index (Phi) is 9.83. The van der Waals surface area contributed by atoms with Gasteiger partial charge in [-0.3, -0.25) is 0 Å². The van der Waals surface area contributed by atoms with Crippen LogP contribution in [0.2, 0.25) is 0 Å². The Morgan fingerprint density at radius 2 is 0.873 bits per heavy atom. The Bertz CT molecular complexity index is 3250. The minimum atomic E-state index is -4.50. The van der Waals surface area contributed by atoms with Crippen LogP contribution in [0.5, 0.6) is 0 Å². The molecular weight excluding hydrogens is 786 g/mol. The summed E-state index contributed by atoms with van der Waals surface area (Å²) < 4.78 is 44.7. The van der Waals surface area contributed by atoms with E-state index in [1.165, 1.54) is 22.3 Å². The molecule has 0 atom stereocenters. The SMILES string of the molecule is Cc1ccc(-c2cc(-c3nc(-c4ccccc4)nc(-c4ccccc4)n3)cc(-c3ccc(C(F)(F)F)cc3)c2-n2c3ccccc3c3cc(-c4c(C)cc(C)cc4C)ccc32)cc1. The van der Waals surface area contributed by atoms with E-state index in [4.69, 9.17) is 15.0 Å². The van der Waals surface area contributed by atoms with Gasteiger partial charge in [0.15, 0.2) is 17.5 Å². The fraction of sp³-hybridized carbons (Fsp3) is 0.0893. The topological polar surface area (TPSA) is 43.6 Å². The number of aryl methyl sites for hydroxylation is 4. The van der Waals surface area contributed by atoms with Crippen LogP contribution in [0.15, 0.2) is 176 Å². The van der Waals surface area contributed by atoms with Gasteiger partial charge in [0.1, 0.15) is 0 Å². The number of fused-ring (bicyclic) bond motifs is 3. The molecule has 0 saturated carbocycles. The molecule has 0 N–H and O–H groups in total. The molecule has 2 heterocycles. The lowest BCUT2D eigenvalue weighted by Crippen LogP contribution is -2.05. The molecule has 0 amide bonds. The first kappa shape index (κ1) is 39.5. The number of hydrogen-bond acceptors (Lipinski definition) is 3. The molecule has 0 aliphatic rings. The summed E-state index contributed by atoms with van der Waals surface area (Å²) in [4.78, 5) is 15.1. The average molecular weight is 827 g/mol. The highest BCUT2D eigenvalue weighted by Crippen LogP contribution is 2.45. The smallest absolute Gasteiger partial charge is 0.308 e. The van der Waals surface area contributed by atoms with Gasteiger partial charge in [0.05, 0.1) is 22.3 Å². The van der Waals surface area contributed by atoms with E-state index in [0.29, 0.717) is 28.6 Å². The molecule has 0 fully saturated rings. The third-order valence-corrected chi connectivity index (χ3v) is 11.8. The largest absolute Gasteiger partial charge is 0.416 e. The lowest BCUT2D eigenvalue weighted by atomic mass is 9.91. The Morgan fingerprint density at radius 1 is 0.397 bits per heavy atom. The highest BCUT2D eigenvalue weighted by molar-refractivity contribution is 6.12. The first-order valence-corrected chi connectivity index (χ1v) is 20.9. The summed E-state index contributed by atoms with van der Waals surface area (Å²) in [6.45, 7) is 8.49. The van der Waals surface area contributed by atoms with Crippen molar-refractivity contribution in [1.82, 2.24) is 19.5 Å². The van der Waals surface area contributed by atoms with Crippen molar-refractivity contribution in [3.63, 3.8) is 0 Å². The van der Waals surface area contributed by atoms with Gasteiger partial charge in [0.25, 0.3) is 0 Å². The molecule has 10 aromatic rings. The molecule has 0 saturated heterocycles. The van der Waals surface area contributed by atoms with Gasteiger partial charge in [0, 0.05) is 38.6 Å². The highest BCUT2D eigenvalue weighted by atomic mass is 19.4. The first-order valence-electron chi connectivity index (χ1n) is 20.9. The van der Waals surface area contributed by atoms with Crippen molar-refractivity contribution in [1.29, 1.82) is 0 Å². The molecule has 0 aliphatic heterocycles. The molecule has 0 bridgehead atoms. The number of benzene rings is 8. The van der Waals surface area contributed by atoms with Gasteiger partial charge in [0.2, 0.25) is 0 Å². The molecular formula is C56H41F3N4. The average Bonchev–Trinajstić information content (AvgIpc) is 3.62. The Morgan fingerprint density at radius 3 is 1.43 bits per heavy atom. The zero-order valence-electron chi connectivity index (χ0n) is 35.2. The zero-order valence-corrected chi connectivity index (χ0v) is 35.2. The molecule has 306 valence electrons. The van der Waals surface area contributed by atoms with Gasteiger partial charge in [-0.25, -0.2) is 15.0 Å². The van der Waals surface area contributed by atoms with Crippen molar-refractivity contribution in [2.24, 2.45) is 0 Å². The van der Waals surface area contributed by atoms with E-state index >= 15 is 0 Å². The van der Waals surface area contributed by atoms with E-state index in [-0.39, 0.29) is 0 Å². The van der Waals surface area contributed by atoms with E-state index in [9.17, 15) is 13.2 Å². The second-order valence-corrected chi connectivity index (χ2v) is 16.3. The molecule has 0 spiro atoms. The van der Waals surface area contributed by atoms with Crippen molar-refractivity contribution in [3.8, 4) is 73.2 Å². The second-order valence-electron chi connectivity index (χ2n) is 16.3. The van der Waals surface area contributed by atoms with Gasteiger partial charge >= 0.3 is 6.18 Å². The predicted octanol–water partition coefficient (Wildman–Crippen LogP) is 15.2. The van der Waals surface area contributed by atoms with Gasteiger partial charge in [-0.15, -0.1) is 0 Å². The minimum Gasteiger partial charge on any atom is -0.308 e. The Hall–Kier alpha value is -7.64. The molecule has 0 unspecified atom stereocenters. The van der Waals surface area contributed by atoms with Crippen LogP contribution >= 0.6 is 0 Å². The van der Waals surface area contributed by atoms with E-state index in [1.807, 2.05) is 72.8 Å². The van der Waals surface area contributed by atoms with Gasteiger partial charge in [-0.2, -0.15) is 13.2 Å². The maximum absolute atomic E-state index is 14.1. The lowest BCUT2D eigenvalue weighted by molar-refractivity contribution is -0.137. The molecule has 10 rings (SSSR count). The summed E-state index contributed by atoms with van der Waals surface area (Å²) >= 11 is 0. The summed E-state index contributed by atoms with van der Waals surface area (Å²) in [5, 5.41) is 2.13. The number of para-hydroxylation sites is 1. The normalized spacial score (nSPS) is 11.7. The van der Waals surface area contributed by atoms with E-state index in [0.717, 1.165) is 78.6 Å². The summed E-state index contributed by atoms with van der Waals surface area (Å²) in [6, 6.07) is 56.9. The van der Waals surface area contributed by atoms with Gasteiger partial charge < -0.3 is 4.57 Å². The summed E-state index contributed by atoms with van der Waals surface area (Å²) in [5.74, 6) is 1.45. The monoisotopic (exact) mass is 826 g/mol. The fourth-order valence-electron chi connectivity index (χ4n) is 8.96. The highest BCUT2D eigenvalue weighted by Gasteiger charge is 2.31. The van der Waals surface area contributed by atoms with E-state index in [1.54, 1.807) is 12.1 Å². The first-order chi connectivity index (χ1) is 30.5. The van der Waals surface area contributed by atoms with Crippen molar-refractivity contribution < 1.29 is 13.2 Å². The number of hydrogen-bond donors (Lipinski definition) is 0. The Balaban J connectivity index is 1.31. The number of halogens is 3. The minimum absolute atomic E-state index is 0.437. The molecule has 8 aromatic carbocycles. The maximum atomic E-state index is 14.1. The fourth-order valence-corrected chi connectivity index (χ4v) is 8.96. The molecule has 4 nitrogen and oxygen atoms in total. The summed E-state index contributed by atoms with van der Waals surface area (Å²) in [7, 11) is 0.